The zero-order valence-corrected chi connectivity index (χ0v) is 15.7. The summed E-state index contributed by atoms with van der Waals surface area (Å²) in [5.74, 6) is 5.46. The van der Waals surface area contributed by atoms with Crippen LogP contribution in [-0.4, -0.2) is 53.7 Å². The molecule has 3 aromatic rings. The lowest BCUT2D eigenvalue weighted by Gasteiger charge is -2.24. The van der Waals surface area contributed by atoms with E-state index in [1.54, 1.807) is 6.20 Å². The minimum Gasteiger partial charge on any atom is -0.550 e. The molecule has 146 valence electrons. The van der Waals surface area contributed by atoms with E-state index in [1.165, 1.54) is 6.92 Å². The molecule has 0 atom stereocenters. The van der Waals surface area contributed by atoms with Gasteiger partial charge in [0.2, 0.25) is 0 Å². The number of carboxylic acids is 1. The topological polar surface area (TPSA) is 101 Å². The number of fused-ring (bicyclic) bond motifs is 3. The van der Waals surface area contributed by atoms with Crippen LogP contribution in [0.25, 0.3) is 21.8 Å². The Labute approximate surface area is 162 Å². The normalized spacial score (nSPS) is 14.2. The Bertz CT molecular complexity index is 1080. The number of carboxylic acid groups (broad SMARTS) is 1. The van der Waals surface area contributed by atoms with Crippen LogP contribution in [0.2, 0.25) is 0 Å². The fourth-order valence-electron chi connectivity index (χ4n) is 2.93. The van der Waals surface area contributed by atoms with Gasteiger partial charge in [-0.25, -0.2) is 0 Å². The van der Waals surface area contributed by atoms with Crippen LogP contribution in [0.4, 0.5) is 0 Å². The van der Waals surface area contributed by atoms with Crippen LogP contribution < -0.4 is 10.7 Å². The molecular weight excluding hydrogens is 358 g/mol. The molecule has 2 N–H and O–H groups in total. The van der Waals surface area contributed by atoms with Crippen LogP contribution in [0, 0.1) is 11.8 Å². The number of hydrogen-bond acceptors (Lipinski definition) is 5. The van der Waals surface area contributed by atoms with E-state index in [4.69, 9.17) is 4.74 Å². The van der Waals surface area contributed by atoms with E-state index in [0.717, 1.165) is 54.7 Å². The number of morpholine rings is 1. The van der Waals surface area contributed by atoms with Crippen molar-refractivity contribution < 1.29 is 14.6 Å². The van der Waals surface area contributed by atoms with Gasteiger partial charge in [-0.3, -0.25) is 9.69 Å². The molecule has 0 bridgehead atoms. The maximum absolute atomic E-state index is 12.0. The molecule has 7 heteroatoms. The van der Waals surface area contributed by atoms with Crippen molar-refractivity contribution in [1.82, 2.24) is 14.9 Å². The number of ether oxygens (including phenoxy) is 1. The van der Waals surface area contributed by atoms with Crippen molar-refractivity contribution in [2.45, 2.75) is 13.3 Å². The number of carbonyl (C=O) groups is 1. The third kappa shape index (κ3) is 4.80. The highest BCUT2D eigenvalue weighted by atomic mass is 16.5. The smallest absolute Gasteiger partial charge is 0.272 e. The lowest BCUT2D eigenvalue weighted by atomic mass is 10.1. The van der Waals surface area contributed by atoms with Gasteiger partial charge in [-0.05, 0) is 30.7 Å². The van der Waals surface area contributed by atoms with Crippen LogP contribution in [0.1, 0.15) is 18.9 Å². The first-order valence-corrected chi connectivity index (χ1v) is 9.20. The molecule has 1 aliphatic heterocycles. The number of benzene rings is 1. The number of pyridine rings is 1. The second-order valence-electron chi connectivity index (χ2n) is 6.40. The molecule has 0 amide bonds. The number of nitrogens with one attached hydrogen (secondary N) is 2. The van der Waals surface area contributed by atoms with E-state index < -0.39 is 5.97 Å². The van der Waals surface area contributed by atoms with E-state index in [0.29, 0.717) is 5.52 Å². The average molecular weight is 380 g/mol. The summed E-state index contributed by atoms with van der Waals surface area (Å²) in [7, 11) is 0. The SMILES string of the molecule is CCC(=O)[O-].O=c1[nH]c2ccc(C#CCN3CCOCC3)cc2c2cc[nH]c12. The largest absolute Gasteiger partial charge is 0.550 e. The van der Waals surface area contributed by atoms with Crippen molar-refractivity contribution >= 4 is 27.8 Å². The van der Waals surface area contributed by atoms with Gasteiger partial charge in [0, 0.05) is 47.1 Å². The number of carbonyl (C=O) groups excluding carboxylic acids is 1. The summed E-state index contributed by atoms with van der Waals surface area (Å²) in [5.41, 5.74) is 2.31. The maximum atomic E-state index is 12.0. The van der Waals surface area contributed by atoms with Crippen molar-refractivity contribution in [2.75, 3.05) is 32.8 Å². The molecule has 4 rings (SSSR count). The average Bonchev–Trinajstić information content (AvgIpc) is 3.21. The van der Waals surface area contributed by atoms with Crippen molar-refractivity contribution in [2.24, 2.45) is 0 Å². The standard InChI is InChI=1S/C18H17N3O2.C3H6O2/c22-18-17-14(5-6-19-17)15-12-13(3-4-16(15)20-18)2-1-7-21-8-10-23-11-9-21;1-2-3(4)5/h3-6,12,19H,7-11H2,(H,20,22);2H2,1H3,(H,4,5)/p-1. The minimum absolute atomic E-state index is 0.0938. The highest BCUT2D eigenvalue weighted by molar-refractivity contribution is 6.04. The quantitative estimate of drug-likeness (QED) is 0.642. The highest BCUT2D eigenvalue weighted by Crippen LogP contribution is 2.21. The number of aromatic nitrogens is 2. The monoisotopic (exact) mass is 380 g/mol. The molecule has 0 unspecified atom stereocenters. The maximum Gasteiger partial charge on any atom is 0.272 e. The van der Waals surface area contributed by atoms with E-state index in [2.05, 4.69) is 26.7 Å². The van der Waals surface area contributed by atoms with Gasteiger partial charge in [-0.1, -0.05) is 18.8 Å². The summed E-state index contributed by atoms with van der Waals surface area (Å²) < 4.78 is 5.33. The molecule has 1 saturated heterocycles. The van der Waals surface area contributed by atoms with Crippen LogP contribution in [0.5, 0.6) is 0 Å². The van der Waals surface area contributed by atoms with E-state index in [9.17, 15) is 14.7 Å². The van der Waals surface area contributed by atoms with E-state index in [1.807, 2.05) is 24.3 Å². The Morgan fingerprint density at radius 2 is 2.00 bits per heavy atom. The number of nitrogens with zero attached hydrogens (tertiary/aromatic N) is 1. The first-order valence-electron chi connectivity index (χ1n) is 9.20. The molecule has 28 heavy (non-hydrogen) atoms. The third-order valence-corrected chi connectivity index (χ3v) is 4.46. The lowest BCUT2D eigenvalue weighted by Crippen LogP contribution is -2.36. The molecule has 0 saturated carbocycles. The van der Waals surface area contributed by atoms with Gasteiger partial charge < -0.3 is 24.6 Å². The Morgan fingerprint density at radius 3 is 2.71 bits per heavy atom. The van der Waals surface area contributed by atoms with Crippen molar-refractivity contribution in [1.29, 1.82) is 0 Å². The molecular formula is C21H22N3O4-. The van der Waals surface area contributed by atoms with Gasteiger partial charge in [-0.15, -0.1) is 0 Å². The molecule has 1 fully saturated rings. The number of rotatable bonds is 2. The zero-order chi connectivity index (χ0) is 19.9. The summed E-state index contributed by atoms with van der Waals surface area (Å²) in [6.45, 7) is 5.75. The molecule has 0 aliphatic carbocycles. The summed E-state index contributed by atoms with van der Waals surface area (Å²) in [6.07, 6.45) is 1.90. The Kier molecular flexibility index (Phi) is 6.48. The summed E-state index contributed by atoms with van der Waals surface area (Å²) in [5, 5.41) is 11.2. The van der Waals surface area contributed by atoms with Crippen LogP contribution in [0.3, 0.4) is 0 Å². The zero-order valence-electron chi connectivity index (χ0n) is 15.7. The molecule has 0 spiro atoms. The van der Waals surface area contributed by atoms with Crippen LogP contribution in [0.15, 0.2) is 35.3 Å². The summed E-state index contributed by atoms with van der Waals surface area (Å²) in [4.78, 5) is 29.4. The van der Waals surface area contributed by atoms with Crippen molar-refractivity contribution in [3.05, 3.63) is 46.4 Å². The van der Waals surface area contributed by atoms with Crippen molar-refractivity contribution in [3.63, 3.8) is 0 Å². The first-order chi connectivity index (χ1) is 13.6. The predicted octanol–water partition coefficient (Wildman–Crippen LogP) is 0.839. The van der Waals surface area contributed by atoms with Gasteiger partial charge in [0.1, 0.15) is 5.52 Å². The first kappa shape index (κ1) is 19.7. The second-order valence-corrected chi connectivity index (χ2v) is 6.40. The molecule has 7 nitrogen and oxygen atoms in total. The van der Waals surface area contributed by atoms with Gasteiger partial charge in [0.15, 0.2) is 0 Å². The highest BCUT2D eigenvalue weighted by Gasteiger charge is 2.08. The number of aliphatic carboxylic acids is 1. The molecule has 1 aliphatic rings. The van der Waals surface area contributed by atoms with E-state index in [-0.39, 0.29) is 12.0 Å². The van der Waals surface area contributed by atoms with Crippen molar-refractivity contribution in [3.8, 4) is 11.8 Å². The molecule has 1 aromatic carbocycles. The lowest BCUT2D eigenvalue weighted by molar-refractivity contribution is -0.305. The van der Waals surface area contributed by atoms with Gasteiger partial charge in [0.05, 0.1) is 19.8 Å². The Hall–Kier alpha value is -3.08. The Balaban J connectivity index is 0.000000403. The number of aromatic amines is 2. The summed E-state index contributed by atoms with van der Waals surface area (Å²) in [6, 6.07) is 7.83. The summed E-state index contributed by atoms with van der Waals surface area (Å²) >= 11 is 0. The number of hydrogen-bond donors (Lipinski definition) is 2. The molecule has 3 heterocycles. The van der Waals surface area contributed by atoms with Gasteiger partial charge >= 0.3 is 0 Å². The fraction of sp³-hybridized carbons (Fsp3) is 0.333. The predicted molar refractivity (Wildman–Crippen MR) is 106 cm³/mol. The fourth-order valence-corrected chi connectivity index (χ4v) is 2.93. The second kappa shape index (κ2) is 9.22. The van der Waals surface area contributed by atoms with E-state index >= 15 is 0 Å². The molecule has 2 aromatic heterocycles. The minimum atomic E-state index is -0.995. The Morgan fingerprint density at radius 1 is 1.25 bits per heavy atom. The van der Waals surface area contributed by atoms with Crippen LogP contribution in [-0.2, 0) is 9.53 Å². The van der Waals surface area contributed by atoms with Gasteiger partial charge in [0.25, 0.3) is 5.56 Å². The molecule has 0 radical (unpaired) electrons. The number of H-pyrrole nitrogens is 2. The van der Waals surface area contributed by atoms with Crippen LogP contribution >= 0.6 is 0 Å². The third-order valence-electron chi connectivity index (χ3n) is 4.46. The van der Waals surface area contributed by atoms with Gasteiger partial charge in [-0.2, -0.15) is 0 Å².